The number of nitrogens with zero attached hydrogens (tertiary/aromatic N) is 3. The number of fused-ring (bicyclic) bond motifs is 1. The highest BCUT2D eigenvalue weighted by atomic mass is 16.5. The first kappa shape index (κ1) is 17.0. The summed E-state index contributed by atoms with van der Waals surface area (Å²) in [5.41, 5.74) is 3.74. The number of ether oxygens (including phenoxy) is 1. The molecule has 1 aromatic heterocycles. The molecule has 6 heteroatoms. The van der Waals surface area contributed by atoms with Crippen molar-refractivity contribution in [2.45, 2.75) is 13.0 Å². The van der Waals surface area contributed by atoms with E-state index in [4.69, 9.17) is 4.74 Å². The van der Waals surface area contributed by atoms with Gasteiger partial charge < -0.3 is 15.0 Å². The number of nitrogens with one attached hydrogen (secondary N) is 1. The van der Waals surface area contributed by atoms with E-state index in [1.54, 1.807) is 19.2 Å². The minimum Gasteiger partial charge on any atom is -0.497 e. The molecular formula is C21H20N4O2. The lowest BCUT2D eigenvalue weighted by atomic mass is 10.00. The van der Waals surface area contributed by atoms with Crippen LogP contribution in [-0.4, -0.2) is 34.7 Å². The summed E-state index contributed by atoms with van der Waals surface area (Å²) in [5, 5.41) is 11.4. The van der Waals surface area contributed by atoms with Crippen molar-refractivity contribution in [3.63, 3.8) is 0 Å². The molecule has 1 N–H and O–H groups in total. The van der Waals surface area contributed by atoms with Crippen molar-refractivity contribution in [3.8, 4) is 5.75 Å². The fourth-order valence-corrected chi connectivity index (χ4v) is 3.17. The maximum absolute atomic E-state index is 12.7. The van der Waals surface area contributed by atoms with Crippen molar-refractivity contribution in [1.82, 2.24) is 15.1 Å². The van der Waals surface area contributed by atoms with Crippen molar-refractivity contribution < 1.29 is 9.53 Å². The van der Waals surface area contributed by atoms with E-state index in [9.17, 15) is 4.79 Å². The molecular weight excluding hydrogens is 340 g/mol. The molecule has 136 valence electrons. The average molecular weight is 360 g/mol. The molecule has 3 aromatic rings. The summed E-state index contributed by atoms with van der Waals surface area (Å²) >= 11 is 0. The van der Waals surface area contributed by atoms with E-state index in [0.717, 1.165) is 17.9 Å². The van der Waals surface area contributed by atoms with Gasteiger partial charge in [0.1, 0.15) is 5.75 Å². The number of rotatable bonds is 4. The number of methoxy groups -OCH3 is 1. The summed E-state index contributed by atoms with van der Waals surface area (Å²) in [6.07, 6.45) is 0.868. The highest BCUT2D eigenvalue weighted by molar-refractivity contribution is 5.92. The second kappa shape index (κ2) is 7.45. The Hall–Kier alpha value is -3.41. The van der Waals surface area contributed by atoms with E-state index in [-0.39, 0.29) is 5.91 Å². The van der Waals surface area contributed by atoms with Crippen LogP contribution in [0.2, 0.25) is 0 Å². The Morgan fingerprint density at radius 3 is 2.48 bits per heavy atom. The second-order valence-electron chi connectivity index (χ2n) is 6.40. The first-order valence-corrected chi connectivity index (χ1v) is 8.84. The number of carbonyl (C=O) groups is 1. The van der Waals surface area contributed by atoms with Gasteiger partial charge in [0, 0.05) is 18.8 Å². The zero-order valence-corrected chi connectivity index (χ0v) is 15.1. The minimum absolute atomic E-state index is 0.0898. The molecule has 0 bridgehead atoms. The molecule has 1 aliphatic heterocycles. The van der Waals surface area contributed by atoms with Crippen LogP contribution in [0.25, 0.3) is 0 Å². The van der Waals surface area contributed by atoms with Gasteiger partial charge in [0.05, 0.1) is 7.11 Å². The molecule has 0 saturated heterocycles. The second-order valence-corrected chi connectivity index (χ2v) is 6.40. The van der Waals surface area contributed by atoms with Crippen LogP contribution in [0, 0.1) is 0 Å². The van der Waals surface area contributed by atoms with Crippen LogP contribution in [0.15, 0.2) is 60.7 Å². The number of hydrogen-bond donors (Lipinski definition) is 1. The smallest absolute Gasteiger partial charge is 0.274 e. The quantitative estimate of drug-likeness (QED) is 0.772. The number of benzene rings is 2. The van der Waals surface area contributed by atoms with Gasteiger partial charge in [-0.05, 0) is 53.9 Å². The van der Waals surface area contributed by atoms with Crippen LogP contribution < -0.4 is 10.1 Å². The Morgan fingerprint density at radius 2 is 1.78 bits per heavy atom. The summed E-state index contributed by atoms with van der Waals surface area (Å²) in [4.78, 5) is 14.6. The van der Waals surface area contributed by atoms with E-state index < -0.39 is 0 Å². The van der Waals surface area contributed by atoms with Gasteiger partial charge in [0.25, 0.3) is 5.91 Å². The zero-order valence-electron chi connectivity index (χ0n) is 15.1. The lowest BCUT2D eigenvalue weighted by Crippen LogP contribution is -2.36. The van der Waals surface area contributed by atoms with Gasteiger partial charge in [0.2, 0.25) is 0 Å². The summed E-state index contributed by atoms with van der Waals surface area (Å²) in [6.45, 7) is 1.31. The number of aromatic nitrogens is 2. The Bertz CT molecular complexity index is 939. The predicted octanol–water partition coefficient (Wildman–Crippen LogP) is 3.43. The Morgan fingerprint density at radius 1 is 1.00 bits per heavy atom. The standard InChI is InChI=1S/C21H20N4O2/c1-27-18-8-6-17(7-9-18)22-20-11-10-19(23-24-20)21(26)25-13-12-15-4-2-3-5-16(15)14-25/h2-11H,12-14H2,1H3,(H,22,24). The van der Waals surface area contributed by atoms with Gasteiger partial charge in [-0.2, -0.15) is 0 Å². The normalized spacial score (nSPS) is 13.0. The van der Waals surface area contributed by atoms with Crippen LogP contribution in [-0.2, 0) is 13.0 Å². The fourth-order valence-electron chi connectivity index (χ4n) is 3.17. The summed E-state index contributed by atoms with van der Waals surface area (Å²) < 4.78 is 5.14. The van der Waals surface area contributed by atoms with Crippen LogP contribution in [0.1, 0.15) is 21.6 Å². The van der Waals surface area contributed by atoms with E-state index in [2.05, 4.69) is 27.6 Å². The molecule has 6 nitrogen and oxygen atoms in total. The largest absolute Gasteiger partial charge is 0.497 e. The summed E-state index contributed by atoms with van der Waals surface area (Å²) in [7, 11) is 1.63. The molecule has 27 heavy (non-hydrogen) atoms. The van der Waals surface area contributed by atoms with Gasteiger partial charge in [-0.1, -0.05) is 24.3 Å². The van der Waals surface area contributed by atoms with Gasteiger partial charge in [-0.15, -0.1) is 10.2 Å². The Balaban J connectivity index is 1.43. The van der Waals surface area contributed by atoms with E-state index >= 15 is 0 Å². The number of amides is 1. The van der Waals surface area contributed by atoms with Crippen molar-refractivity contribution >= 4 is 17.4 Å². The van der Waals surface area contributed by atoms with Crippen LogP contribution in [0.3, 0.4) is 0 Å². The topological polar surface area (TPSA) is 67.3 Å². The highest BCUT2D eigenvalue weighted by Crippen LogP contribution is 2.21. The number of anilines is 2. The lowest BCUT2D eigenvalue weighted by Gasteiger charge is -2.28. The first-order valence-electron chi connectivity index (χ1n) is 8.84. The minimum atomic E-state index is -0.0898. The van der Waals surface area contributed by atoms with Crippen molar-refractivity contribution in [1.29, 1.82) is 0 Å². The van der Waals surface area contributed by atoms with Crippen molar-refractivity contribution in [2.75, 3.05) is 19.0 Å². The molecule has 2 aromatic carbocycles. The zero-order chi connectivity index (χ0) is 18.6. The molecule has 0 spiro atoms. The molecule has 0 atom stereocenters. The summed E-state index contributed by atoms with van der Waals surface area (Å²) in [5.74, 6) is 1.28. The van der Waals surface area contributed by atoms with Gasteiger partial charge >= 0.3 is 0 Å². The van der Waals surface area contributed by atoms with Crippen LogP contribution >= 0.6 is 0 Å². The Kier molecular flexibility index (Phi) is 4.70. The average Bonchev–Trinajstić information content (AvgIpc) is 2.74. The fraction of sp³-hybridized carbons (Fsp3) is 0.190. The molecule has 0 saturated carbocycles. The van der Waals surface area contributed by atoms with Crippen LogP contribution in [0.5, 0.6) is 5.75 Å². The molecule has 0 unspecified atom stereocenters. The molecule has 4 rings (SSSR count). The number of carbonyl (C=O) groups excluding carboxylic acids is 1. The van der Waals surface area contributed by atoms with Crippen molar-refractivity contribution in [3.05, 3.63) is 77.5 Å². The molecule has 1 amide bonds. The van der Waals surface area contributed by atoms with Gasteiger partial charge in [0.15, 0.2) is 11.5 Å². The molecule has 1 aliphatic rings. The molecule has 0 fully saturated rings. The highest BCUT2D eigenvalue weighted by Gasteiger charge is 2.22. The monoisotopic (exact) mass is 360 g/mol. The summed E-state index contributed by atoms with van der Waals surface area (Å²) in [6, 6.07) is 19.2. The predicted molar refractivity (Wildman–Crippen MR) is 103 cm³/mol. The third-order valence-electron chi connectivity index (χ3n) is 4.66. The van der Waals surface area contributed by atoms with Gasteiger partial charge in [-0.25, -0.2) is 0 Å². The Labute approximate surface area is 157 Å². The van der Waals surface area contributed by atoms with Crippen molar-refractivity contribution in [2.24, 2.45) is 0 Å². The van der Waals surface area contributed by atoms with Gasteiger partial charge in [-0.3, -0.25) is 4.79 Å². The molecule has 0 aliphatic carbocycles. The molecule has 2 heterocycles. The third kappa shape index (κ3) is 3.74. The van der Waals surface area contributed by atoms with E-state index in [1.165, 1.54) is 11.1 Å². The first-order chi connectivity index (χ1) is 13.2. The van der Waals surface area contributed by atoms with E-state index in [1.807, 2.05) is 41.3 Å². The maximum Gasteiger partial charge on any atom is 0.274 e. The molecule has 0 radical (unpaired) electrons. The number of hydrogen-bond acceptors (Lipinski definition) is 5. The maximum atomic E-state index is 12.7. The lowest BCUT2D eigenvalue weighted by molar-refractivity contribution is 0.0727. The SMILES string of the molecule is COc1ccc(Nc2ccc(C(=O)N3CCc4ccccc4C3)nn2)cc1. The third-order valence-corrected chi connectivity index (χ3v) is 4.66. The van der Waals surface area contributed by atoms with Crippen LogP contribution in [0.4, 0.5) is 11.5 Å². The van der Waals surface area contributed by atoms with E-state index in [0.29, 0.717) is 24.6 Å².